The fraction of sp³-hybridized carbons (Fsp3) is 0.923. The average Bonchev–Trinajstić information content (AvgIpc) is 2.39. The molecule has 0 spiro atoms. The highest BCUT2D eigenvalue weighted by molar-refractivity contribution is 5.84. The van der Waals surface area contributed by atoms with Crippen LogP contribution in [0.3, 0.4) is 0 Å². The van der Waals surface area contributed by atoms with E-state index in [2.05, 4.69) is 0 Å². The summed E-state index contributed by atoms with van der Waals surface area (Å²) in [6, 6.07) is 0. The van der Waals surface area contributed by atoms with Crippen molar-refractivity contribution in [3.05, 3.63) is 0 Å². The Bertz CT molecular complexity index is 342. The van der Waals surface area contributed by atoms with E-state index in [1.807, 2.05) is 6.92 Å². The van der Waals surface area contributed by atoms with Crippen molar-refractivity contribution in [2.45, 2.75) is 69.9 Å². The van der Waals surface area contributed by atoms with Crippen LogP contribution in [-0.4, -0.2) is 30.5 Å². The molecule has 0 aromatic heterocycles. The van der Waals surface area contributed by atoms with E-state index in [9.17, 15) is 35.5 Å². The minimum atomic E-state index is -6.49. The molecule has 0 heterocycles. The maximum Gasteiger partial charge on any atom is 0.460 e. The van der Waals surface area contributed by atoms with Crippen LogP contribution in [0.5, 0.6) is 0 Å². The van der Waals surface area contributed by atoms with Gasteiger partial charge in [0.15, 0.2) is 0 Å². The third-order valence-corrected chi connectivity index (χ3v) is 3.10. The Labute approximate surface area is 124 Å². The second kappa shape index (κ2) is 8.57. The normalized spacial score (nSPS) is 13.3. The molecule has 0 unspecified atom stereocenters. The first-order valence-electron chi connectivity index (χ1n) is 7.09. The number of carbonyl (C=O) groups is 1. The van der Waals surface area contributed by atoms with Gasteiger partial charge in [0, 0.05) is 6.54 Å². The summed E-state index contributed by atoms with van der Waals surface area (Å²) in [6.45, 7) is 1.67. The van der Waals surface area contributed by atoms with Crippen LogP contribution in [0.1, 0.15) is 51.9 Å². The summed E-state index contributed by atoms with van der Waals surface area (Å²) in [5, 5.41) is 1.43. The lowest BCUT2D eigenvalue weighted by Gasteiger charge is -2.27. The summed E-state index contributed by atoms with van der Waals surface area (Å²) in [4.78, 5) is 10.9. The molecule has 0 aliphatic heterocycles. The lowest BCUT2D eigenvalue weighted by molar-refractivity contribution is -0.344. The Morgan fingerprint density at radius 1 is 0.818 bits per heavy atom. The van der Waals surface area contributed by atoms with Crippen LogP contribution in [0, 0.1) is 0 Å². The number of carbonyl (C=O) groups excluding carboxylic acids is 1. The van der Waals surface area contributed by atoms with E-state index in [0.717, 1.165) is 32.1 Å². The molecule has 22 heavy (non-hydrogen) atoms. The third-order valence-electron chi connectivity index (χ3n) is 3.10. The molecule has 0 atom stereocenters. The number of nitrogens with one attached hydrogen (secondary N) is 1. The van der Waals surface area contributed by atoms with Crippen LogP contribution in [0.25, 0.3) is 0 Å². The van der Waals surface area contributed by atoms with Crippen LogP contribution in [0.15, 0.2) is 0 Å². The third kappa shape index (κ3) is 5.64. The van der Waals surface area contributed by atoms with E-state index >= 15 is 0 Å². The highest BCUT2D eigenvalue weighted by Crippen LogP contribution is 2.46. The van der Waals surface area contributed by atoms with Crippen molar-refractivity contribution in [1.29, 1.82) is 0 Å². The van der Waals surface area contributed by atoms with E-state index in [-0.39, 0.29) is 13.0 Å². The number of rotatable bonds is 10. The maximum atomic E-state index is 12.9. The zero-order valence-electron chi connectivity index (χ0n) is 12.2. The molecule has 0 saturated heterocycles. The molecule has 1 amide bonds. The molecule has 0 saturated carbocycles. The Morgan fingerprint density at radius 3 is 1.73 bits per heavy atom. The molecule has 0 aliphatic carbocycles. The highest BCUT2D eigenvalue weighted by Gasteiger charge is 2.76. The van der Waals surface area contributed by atoms with Gasteiger partial charge in [0.2, 0.25) is 0 Å². The Kier molecular flexibility index (Phi) is 8.17. The molecule has 0 radical (unpaired) electrons. The molecule has 0 bridgehead atoms. The van der Waals surface area contributed by atoms with Gasteiger partial charge < -0.3 is 5.32 Å². The Balaban J connectivity index is 4.16. The lowest BCUT2D eigenvalue weighted by atomic mass is 10.1. The van der Waals surface area contributed by atoms with Gasteiger partial charge in [-0.1, -0.05) is 45.4 Å². The standard InChI is InChI=1S/C13H20F7NO/c1-2-3-4-5-6-7-8-9-21-10(22)11(14,15)12(16,17)13(18,19)20/h2-9H2,1H3,(H,21,22). The number of hydrogen-bond acceptors (Lipinski definition) is 1. The number of unbranched alkanes of at least 4 members (excludes halogenated alkanes) is 6. The number of hydrogen-bond donors (Lipinski definition) is 1. The van der Waals surface area contributed by atoms with Crippen molar-refractivity contribution in [2.24, 2.45) is 0 Å². The van der Waals surface area contributed by atoms with Crippen LogP contribution in [0.4, 0.5) is 30.7 Å². The summed E-state index contributed by atoms with van der Waals surface area (Å²) in [5.74, 6) is -14.8. The largest absolute Gasteiger partial charge is 0.460 e. The van der Waals surface area contributed by atoms with Crippen molar-refractivity contribution in [3.63, 3.8) is 0 Å². The Hall–Kier alpha value is -1.02. The van der Waals surface area contributed by atoms with E-state index in [4.69, 9.17) is 0 Å². The van der Waals surface area contributed by atoms with Crippen molar-refractivity contribution >= 4 is 5.91 Å². The van der Waals surface area contributed by atoms with Gasteiger partial charge in [0.25, 0.3) is 5.91 Å². The minimum absolute atomic E-state index is 0.242. The van der Waals surface area contributed by atoms with Gasteiger partial charge in [0.1, 0.15) is 0 Å². The number of halogens is 7. The zero-order chi connectivity index (χ0) is 17.4. The predicted molar refractivity (Wildman–Crippen MR) is 67.0 cm³/mol. The molecule has 9 heteroatoms. The topological polar surface area (TPSA) is 29.1 Å². The molecule has 0 aromatic rings. The van der Waals surface area contributed by atoms with Gasteiger partial charge in [-0.3, -0.25) is 4.79 Å². The highest BCUT2D eigenvalue weighted by atomic mass is 19.4. The van der Waals surface area contributed by atoms with Gasteiger partial charge in [-0.15, -0.1) is 0 Å². The van der Waals surface area contributed by atoms with Gasteiger partial charge in [-0.25, -0.2) is 0 Å². The van der Waals surface area contributed by atoms with Crippen LogP contribution in [0.2, 0.25) is 0 Å². The summed E-state index contributed by atoms with van der Waals surface area (Å²) in [7, 11) is 0. The first-order valence-corrected chi connectivity index (χ1v) is 7.09. The molecule has 132 valence electrons. The predicted octanol–water partition coefficient (Wildman–Crippen LogP) is 4.69. The maximum absolute atomic E-state index is 12.9. The van der Waals surface area contributed by atoms with Gasteiger partial charge in [-0.2, -0.15) is 30.7 Å². The van der Waals surface area contributed by atoms with E-state index in [1.165, 1.54) is 5.32 Å². The molecule has 0 aromatic carbocycles. The lowest BCUT2D eigenvalue weighted by Crippen LogP contribution is -2.59. The first-order chi connectivity index (χ1) is 9.98. The molecule has 0 fully saturated rings. The average molecular weight is 339 g/mol. The molecular formula is C13H20F7NO. The molecule has 2 nitrogen and oxygen atoms in total. The van der Waals surface area contributed by atoms with Crippen molar-refractivity contribution in [3.8, 4) is 0 Å². The van der Waals surface area contributed by atoms with Crippen molar-refractivity contribution in [1.82, 2.24) is 5.32 Å². The quantitative estimate of drug-likeness (QED) is 0.454. The van der Waals surface area contributed by atoms with Gasteiger partial charge >= 0.3 is 18.0 Å². The van der Waals surface area contributed by atoms with Crippen molar-refractivity contribution < 1.29 is 35.5 Å². The number of amides is 1. The minimum Gasteiger partial charge on any atom is -0.351 e. The second-order valence-corrected chi connectivity index (χ2v) is 5.02. The zero-order valence-corrected chi connectivity index (χ0v) is 12.2. The smallest absolute Gasteiger partial charge is 0.351 e. The first kappa shape index (κ1) is 21.0. The van der Waals surface area contributed by atoms with E-state index in [0.29, 0.717) is 6.42 Å². The summed E-state index contributed by atoms with van der Waals surface area (Å²) in [5.41, 5.74) is 0. The van der Waals surface area contributed by atoms with Crippen LogP contribution >= 0.6 is 0 Å². The molecule has 0 aliphatic rings. The van der Waals surface area contributed by atoms with Crippen molar-refractivity contribution in [2.75, 3.05) is 6.54 Å². The fourth-order valence-corrected chi connectivity index (χ4v) is 1.72. The van der Waals surface area contributed by atoms with E-state index < -0.39 is 23.9 Å². The molecule has 0 rings (SSSR count). The van der Waals surface area contributed by atoms with Crippen LogP contribution < -0.4 is 5.32 Å². The molecular weight excluding hydrogens is 319 g/mol. The van der Waals surface area contributed by atoms with Gasteiger partial charge in [-0.05, 0) is 6.42 Å². The summed E-state index contributed by atoms with van der Waals surface area (Å²) < 4.78 is 86.6. The van der Waals surface area contributed by atoms with E-state index in [1.54, 1.807) is 0 Å². The SMILES string of the molecule is CCCCCCCCCNC(=O)C(F)(F)C(F)(F)C(F)(F)F. The van der Waals surface area contributed by atoms with Crippen LogP contribution in [-0.2, 0) is 4.79 Å². The summed E-state index contributed by atoms with van der Waals surface area (Å²) >= 11 is 0. The monoisotopic (exact) mass is 339 g/mol. The second-order valence-electron chi connectivity index (χ2n) is 5.02. The Morgan fingerprint density at radius 2 is 1.27 bits per heavy atom. The number of alkyl halides is 7. The fourth-order valence-electron chi connectivity index (χ4n) is 1.72. The summed E-state index contributed by atoms with van der Waals surface area (Å²) in [6.07, 6.45) is -0.842. The van der Waals surface area contributed by atoms with Gasteiger partial charge in [0.05, 0.1) is 0 Å². The molecule has 1 N–H and O–H groups in total.